The van der Waals surface area contributed by atoms with Crippen LogP contribution in [0.5, 0.6) is 5.75 Å². The van der Waals surface area contributed by atoms with Crippen molar-refractivity contribution in [3.63, 3.8) is 0 Å². The minimum Gasteiger partial charge on any atom is -0.507 e. The van der Waals surface area contributed by atoms with Crippen LogP contribution in [-0.2, 0) is 6.42 Å². The molecule has 3 nitrogen and oxygen atoms in total. The molecule has 0 aliphatic heterocycles. The lowest BCUT2D eigenvalue weighted by atomic mass is 10.0. The maximum absolute atomic E-state index is 12.2. The molecule has 5 heteroatoms. The fourth-order valence-corrected chi connectivity index (χ4v) is 2.77. The van der Waals surface area contributed by atoms with E-state index in [1.54, 1.807) is 6.92 Å². The van der Waals surface area contributed by atoms with Crippen LogP contribution in [0.3, 0.4) is 0 Å². The van der Waals surface area contributed by atoms with Crippen LogP contribution in [0.1, 0.15) is 39.3 Å². The lowest BCUT2D eigenvalue weighted by Gasteiger charge is -2.07. The van der Waals surface area contributed by atoms with Crippen LogP contribution >= 0.6 is 23.2 Å². The van der Waals surface area contributed by atoms with E-state index in [1.165, 1.54) is 0 Å². The highest BCUT2D eigenvalue weighted by Gasteiger charge is 2.17. The van der Waals surface area contributed by atoms with Crippen molar-refractivity contribution in [1.82, 2.24) is 4.98 Å². The van der Waals surface area contributed by atoms with Gasteiger partial charge >= 0.3 is 0 Å². The molecule has 21 heavy (non-hydrogen) atoms. The van der Waals surface area contributed by atoms with Gasteiger partial charge in [-0.25, -0.2) is 0 Å². The molecule has 0 radical (unpaired) electrons. The number of aryl methyl sites for hydroxylation is 4. The van der Waals surface area contributed by atoms with Gasteiger partial charge in [0.1, 0.15) is 11.4 Å². The molecule has 0 saturated heterocycles. The second-order valence-electron chi connectivity index (χ2n) is 5.25. The zero-order valence-electron chi connectivity index (χ0n) is 12.2. The summed E-state index contributed by atoms with van der Waals surface area (Å²) in [5, 5.41) is 10.4. The average Bonchev–Trinajstić information content (AvgIpc) is 2.69. The molecular weight excluding hydrogens is 309 g/mol. The Balaban J connectivity index is 2.13. The topological polar surface area (TPSA) is 53.1 Å². The molecule has 1 aromatic heterocycles. The number of aromatic amines is 1. The molecule has 2 aromatic rings. The normalized spacial score (nSPS) is 10.9. The summed E-state index contributed by atoms with van der Waals surface area (Å²) < 4.78 is 0. The van der Waals surface area contributed by atoms with Gasteiger partial charge in [-0.3, -0.25) is 4.79 Å². The van der Waals surface area contributed by atoms with E-state index in [2.05, 4.69) is 4.98 Å². The highest BCUT2D eigenvalue weighted by atomic mass is 35.5. The average molecular weight is 326 g/mol. The number of hydrogen-bond donors (Lipinski definition) is 2. The summed E-state index contributed by atoms with van der Waals surface area (Å²) in [5.74, 6) is 0.235. The largest absolute Gasteiger partial charge is 0.507 e. The number of carbonyl (C=O) groups excluding carboxylic acids is 1. The summed E-state index contributed by atoms with van der Waals surface area (Å²) in [5.41, 5.74) is 3.71. The van der Waals surface area contributed by atoms with E-state index in [-0.39, 0.29) is 10.8 Å². The lowest BCUT2D eigenvalue weighted by molar-refractivity contribution is 0.0978. The number of aromatic hydroxyl groups is 1. The van der Waals surface area contributed by atoms with Gasteiger partial charge in [-0.15, -0.1) is 0 Å². The minimum atomic E-state index is -0.0709. The van der Waals surface area contributed by atoms with Gasteiger partial charge in [0.05, 0.1) is 10.0 Å². The number of phenolic OH excluding ortho intramolecular Hbond substituents is 1. The maximum Gasteiger partial charge on any atom is 0.180 e. The van der Waals surface area contributed by atoms with Crippen molar-refractivity contribution in [2.24, 2.45) is 0 Å². The fourth-order valence-electron chi connectivity index (χ4n) is 2.34. The standard InChI is InChI=1S/C16H17Cl2NO2/c1-8-6-11(7-9(2)16(8)21)4-5-12(20)15-14(18)13(17)10(3)19-15/h6-7,19,21H,4-5H2,1-3H3. The molecule has 0 fully saturated rings. The van der Waals surface area contributed by atoms with Crippen LogP contribution in [-0.4, -0.2) is 15.9 Å². The SMILES string of the molecule is Cc1cc(CCC(=O)c2[nH]c(C)c(Cl)c2Cl)cc(C)c1O. The first-order valence-corrected chi connectivity index (χ1v) is 7.42. The molecule has 1 heterocycles. The van der Waals surface area contributed by atoms with Crippen molar-refractivity contribution in [3.05, 3.63) is 50.3 Å². The summed E-state index contributed by atoms with van der Waals surface area (Å²) in [6, 6.07) is 3.79. The number of aromatic nitrogens is 1. The van der Waals surface area contributed by atoms with E-state index in [9.17, 15) is 9.90 Å². The van der Waals surface area contributed by atoms with Crippen molar-refractivity contribution >= 4 is 29.0 Å². The fraction of sp³-hybridized carbons (Fsp3) is 0.312. The number of hydrogen-bond acceptors (Lipinski definition) is 2. The van der Waals surface area contributed by atoms with E-state index < -0.39 is 0 Å². The molecule has 0 unspecified atom stereocenters. The zero-order valence-corrected chi connectivity index (χ0v) is 13.7. The predicted molar refractivity (Wildman–Crippen MR) is 85.8 cm³/mol. The van der Waals surface area contributed by atoms with Crippen LogP contribution in [0.15, 0.2) is 12.1 Å². The van der Waals surface area contributed by atoms with Gasteiger partial charge in [0.25, 0.3) is 0 Å². The smallest absolute Gasteiger partial charge is 0.180 e. The van der Waals surface area contributed by atoms with Gasteiger partial charge in [0.15, 0.2) is 5.78 Å². The Labute approximate surface area is 133 Å². The molecule has 0 spiro atoms. The molecule has 0 aliphatic rings. The van der Waals surface area contributed by atoms with Gasteiger partial charge in [0.2, 0.25) is 0 Å². The number of carbonyl (C=O) groups is 1. The Morgan fingerprint density at radius 2 is 1.71 bits per heavy atom. The van der Waals surface area contributed by atoms with Crippen LogP contribution < -0.4 is 0 Å². The first-order chi connectivity index (χ1) is 9.81. The Kier molecular flexibility index (Phi) is 4.64. The quantitative estimate of drug-likeness (QED) is 0.795. The van der Waals surface area contributed by atoms with E-state index in [1.807, 2.05) is 26.0 Å². The summed E-state index contributed by atoms with van der Waals surface area (Å²) in [4.78, 5) is 15.1. The number of Topliss-reactive ketones (excluding diaryl/α,β-unsaturated/α-hetero) is 1. The second kappa shape index (κ2) is 6.12. The van der Waals surface area contributed by atoms with Crippen LogP contribution in [0.2, 0.25) is 10.0 Å². The molecule has 0 bridgehead atoms. The summed E-state index contributed by atoms with van der Waals surface area (Å²) >= 11 is 12.0. The van der Waals surface area contributed by atoms with Gasteiger partial charge in [-0.05, 0) is 43.9 Å². The summed E-state index contributed by atoms with van der Waals surface area (Å²) in [7, 11) is 0. The molecule has 0 aliphatic carbocycles. The van der Waals surface area contributed by atoms with Crippen LogP contribution in [0.25, 0.3) is 0 Å². The molecular formula is C16H17Cl2NO2. The minimum absolute atomic E-state index is 0.0709. The Hall–Kier alpha value is -1.45. The summed E-state index contributed by atoms with van der Waals surface area (Å²) in [6.07, 6.45) is 0.923. The Bertz CT molecular complexity index is 682. The number of phenols is 1. The predicted octanol–water partition coefficient (Wildman–Crippen LogP) is 4.77. The van der Waals surface area contributed by atoms with Crippen LogP contribution in [0.4, 0.5) is 0 Å². The van der Waals surface area contributed by atoms with Gasteiger partial charge in [0, 0.05) is 12.1 Å². The van der Waals surface area contributed by atoms with Crippen LogP contribution in [0, 0.1) is 20.8 Å². The van der Waals surface area contributed by atoms with E-state index >= 15 is 0 Å². The first-order valence-electron chi connectivity index (χ1n) is 6.67. The van der Waals surface area contributed by atoms with Gasteiger partial charge < -0.3 is 10.1 Å². The number of benzene rings is 1. The number of ketones is 1. The number of nitrogens with one attached hydrogen (secondary N) is 1. The Morgan fingerprint density at radius 1 is 1.14 bits per heavy atom. The van der Waals surface area contributed by atoms with Crippen molar-refractivity contribution in [2.45, 2.75) is 33.6 Å². The molecule has 0 amide bonds. The molecule has 2 rings (SSSR count). The summed E-state index contributed by atoms with van der Waals surface area (Å²) in [6.45, 7) is 5.47. The van der Waals surface area contributed by atoms with Crippen molar-refractivity contribution < 1.29 is 9.90 Å². The third-order valence-corrected chi connectivity index (χ3v) is 4.47. The highest BCUT2D eigenvalue weighted by Crippen LogP contribution is 2.30. The monoisotopic (exact) mass is 325 g/mol. The van der Waals surface area contributed by atoms with E-state index in [0.29, 0.717) is 35.0 Å². The van der Waals surface area contributed by atoms with Crippen molar-refractivity contribution in [2.75, 3.05) is 0 Å². The first kappa shape index (κ1) is 15.9. The van der Waals surface area contributed by atoms with Gasteiger partial charge in [-0.1, -0.05) is 35.3 Å². The highest BCUT2D eigenvalue weighted by molar-refractivity contribution is 6.44. The lowest BCUT2D eigenvalue weighted by Crippen LogP contribution is -2.03. The zero-order chi connectivity index (χ0) is 15.7. The third kappa shape index (κ3) is 3.25. The molecule has 0 atom stereocenters. The van der Waals surface area contributed by atoms with E-state index in [4.69, 9.17) is 23.2 Å². The number of rotatable bonds is 4. The number of halogens is 2. The van der Waals surface area contributed by atoms with Crippen molar-refractivity contribution in [1.29, 1.82) is 0 Å². The van der Waals surface area contributed by atoms with Crippen molar-refractivity contribution in [3.8, 4) is 5.75 Å². The number of H-pyrrole nitrogens is 1. The second-order valence-corrected chi connectivity index (χ2v) is 6.01. The molecule has 112 valence electrons. The molecule has 0 saturated carbocycles. The van der Waals surface area contributed by atoms with Gasteiger partial charge in [-0.2, -0.15) is 0 Å². The third-order valence-electron chi connectivity index (χ3n) is 3.52. The molecule has 2 N–H and O–H groups in total. The maximum atomic E-state index is 12.2. The van der Waals surface area contributed by atoms with E-state index in [0.717, 1.165) is 16.7 Å². The molecule has 1 aromatic carbocycles. The Morgan fingerprint density at radius 3 is 2.19 bits per heavy atom.